The summed E-state index contributed by atoms with van der Waals surface area (Å²) >= 11 is 0. The number of hydrogen-bond acceptors (Lipinski definition) is 2. The monoisotopic (exact) mass is 218 g/mol. The van der Waals surface area contributed by atoms with Gasteiger partial charge < -0.3 is 9.53 Å². The Morgan fingerprint density at radius 2 is 1.80 bits per heavy atom. The van der Waals surface area contributed by atoms with Crippen molar-refractivity contribution >= 4 is 6.29 Å². The van der Waals surface area contributed by atoms with Gasteiger partial charge in [-0.1, -0.05) is 19.1 Å². The van der Waals surface area contributed by atoms with Gasteiger partial charge in [0, 0.05) is 5.92 Å². The Labute approximate surface area is 84.7 Å². The molecule has 0 aromatic heterocycles. The van der Waals surface area contributed by atoms with Crippen LogP contribution in [0.25, 0.3) is 0 Å². The number of benzene rings is 1. The summed E-state index contributed by atoms with van der Waals surface area (Å²) in [5, 5.41) is 0. The quantitative estimate of drug-likeness (QED) is 0.729. The van der Waals surface area contributed by atoms with Gasteiger partial charge in [0.05, 0.1) is 0 Å². The first-order valence-corrected chi connectivity index (χ1v) is 4.23. The lowest BCUT2D eigenvalue weighted by Crippen LogP contribution is -2.17. The van der Waals surface area contributed by atoms with Crippen LogP contribution < -0.4 is 4.74 Å². The van der Waals surface area contributed by atoms with Gasteiger partial charge in [0.15, 0.2) is 0 Å². The number of carbonyl (C=O) groups excluding carboxylic acids is 1. The van der Waals surface area contributed by atoms with Crippen molar-refractivity contribution in [3.05, 3.63) is 29.8 Å². The van der Waals surface area contributed by atoms with Crippen molar-refractivity contribution in [3.63, 3.8) is 0 Å². The summed E-state index contributed by atoms with van der Waals surface area (Å²) < 4.78 is 39.0. The van der Waals surface area contributed by atoms with E-state index in [0.29, 0.717) is 5.56 Å². The number of alkyl halides is 3. The Kier molecular flexibility index (Phi) is 3.34. The van der Waals surface area contributed by atoms with Gasteiger partial charge in [0.1, 0.15) is 12.0 Å². The van der Waals surface area contributed by atoms with Gasteiger partial charge in [-0.15, -0.1) is 13.2 Å². The minimum atomic E-state index is -4.68. The zero-order chi connectivity index (χ0) is 11.5. The SMILES string of the molecule is CC(C=O)c1ccc(OC(F)(F)F)cc1. The van der Waals surface area contributed by atoms with Crippen LogP contribution in [0.1, 0.15) is 18.4 Å². The molecule has 2 nitrogen and oxygen atoms in total. The molecule has 0 heterocycles. The lowest BCUT2D eigenvalue weighted by atomic mass is 10.0. The summed E-state index contributed by atoms with van der Waals surface area (Å²) in [6.45, 7) is 1.66. The van der Waals surface area contributed by atoms with Crippen molar-refractivity contribution in [1.82, 2.24) is 0 Å². The minimum Gasteiger partial charge on any atom is -0.406 e. The molecule has 0 saturated heterocycles. The topological polar surface area (TPSA) is 26.3 Å². The third-order valence-electron chi connectivity index (χ3n) is 1.84. The molecule has 1 aromatic rings. The molecule has 0 aliphatic rings. The van der Waals surface area contributed by atoms with Crippen LogP contribution in [0.4, 0.5) is 13.2 Å². The second-order valence-electron chi connectivity index (χ2n) is 3.04. The molecule has 0 spiro atoms. The van der Waals surface area contributed by atoms with Crippen LogP contribution in [0.5, 0.6) is 5.75 Å². The predicted molar refractivity (Wildman–Crippen MR) is 47.6 cm³/mol. The van der Waals surface area contributed by atoms with E-state index in [4.69, 9.17) is 0 Å². The summed E-state index contributed by atoms with van der Waals surface area (Å²) in [5.74, 6) is -0.616. The molecule has 0 aliphatic heterocycles. The average Bonchev–Trinajstić information content (AvgIpc) is 2.15. The Bertz CT molecular complexity index is 330. The van der Waals surface area contributed by atoms with Crippen LogP contribution in [-0.2, 0) is 4.79 Å². The van der Waals surface area contributed by atoms with Crippen molar-refractivity contribution in [1.29, 1.82) is 0 Å². The van der Waals surface area contributed by atoms with Crippen molar-refractivity contribution in [2.24, 2.45) is 0 Å². The number of halogens is 3. The summed E-state index contributed by atoms with van der Waals surface area (Å²) in [5.41, 5.74) is 0.652. The Morgan fingerprint density at radius 3 is 2.20 bits per heavy atom. The molecule has 1 atom stereocenters. The van der Waals surface area contributed by atoms with Crippen molar-refractivity contribution < 1.29 is 22.7 Å². The first kappa shape index (κ1) is 11.6. The van der Waals surface area contributed by atoms with Gasteiger partial charge in [-0.05, 0) is 17.7 Å². The van der Waals surface area contributed by atoms with Gasteiger partial charge in [-0.25, -0.2) is 0 Å². The molecule has 5 heteroatoms. The highest BCUT2D eigenvalue weighted by Gasteiger charge is 2.30. The van der Waals surface area contributed by atoms with Gasteiger partial charge in [0.25, 0.3) is 0 Å². The smallest absolute Gasteiger partial charge is 0.406 e. The molecular formula is C10H9F3O2. The number of aldehydes is 1. The maximum Gasteiger partial charge on any atom is 0.573 e. The van der Waals surface area contributed by atoms with Gasteiger partial charge in [0.2, 0.25) is 0 Å². The normalized spacial score (nSPS) is 13.3. The third kappa shape index (κ3) is 3.61. The molecule has 1 rings (SSSR count). The van der Waals surface area contributed by atoms with Crippen LogP contribution in [0.2, 0.25) is 0 Å². The van der Waals surface area contributed by atoms with Crippen LogP contribution in [0.15, 0.2) is 24.3 Å². The number of rotatable bonds is 3. The molecule has 0 aliphatic carbocycles. The Balaban J connectivity index is 2.77. The predicted octanol–water partition coefficient (Wildman–Crippen LogP) is 2.89. The first-order chi connectivity index (χ1) is 6.92. The highest BCUT2D eigenvalue weighted by molar-refractivity contribution is 5.61. The van der Waals surface area contributed by atoms with Crippen LogP contribution in [-0.4, -0.2) is 12.6 Å². The van der Waals surface area contributed by atoms with E-state index < -0.39 is 6.36 Å². The van der Waals surface area contributed by atoms with E-state index in [2.05, 4.69) is 4.74 Å². The van der Waals surface area contributed by atoms with Crippen molar-refractivity contribution in [3.8, 4) is 5.75 Å². The van der Waals surface area contributed by atoms with E-state index in [1.165, 1.54) is 24.3 Å². The number of carbonyl (C=O) groups is 1. The lowest BCUT2D eigenvalue weighted by molar-refractivity contribution is -0.274. The highest BCUT2D eigenvalue weighted by atomic mass is 19.4. The molecule has 1 aromatic carbocycles. The van der Waals surface area contributed by atoms with Gasteiger partial charge in [-0.3, -0.25) is 0 Å². The number of ether oxygens (including phenoxy) is 1. The zero-order valence-corrected chi connectivity index (χ0v) is 7.91. The minimum absolute atomic E-state index is 0.288. The molecule has 82 valence electrons. The molecule has 0 amide bonds. The summed E-state index contributed by atoms with van der Waals surface area (Å²) in [7, 11) is 0. The fraction of sp³-hybridized carbons (Fsp3) is 0.300. The Hall–Kier alpha value is -1.52. The second kappa shape index (κ2) is 4.33. The maximum absolute atomic E-state index is 11.8. The van der Waals surface area contributed by atoms with E-state index in [1.807, 2.05) is 0 Å². The van der Waals surface area contributed by atoms with Crippen molar-refractivity contribution in [2.45, 2.75) is 19.2 Å². The van der Waals surface area contributed by atoms with E-state index in [9.17, 15) is 18.0 Å². The Morgan fingerprint density at radius 1 is 1.27 bits per heavy atom. The van der Waals surface area contributed by atoms with E-state index in [-0.39, 0.29) is 11.7 Å². The standard InChI is InChI=1S/C10H9F3O2/c1-7(6-14)8-2-4-9(5-3-8)15-10(11,12)13/h2-7H,1H3. The molecule has 15 heavy (non-hydrogen) atoms. The molecule has 0 fully saturated rings. The second-order valence-corrected chi connectivity index (χ2v) is 3.04. The largest absolute Gasteiger partial charge is 0.573 e. The van der Waals surface area contributed by atoms with E-state index in [1.54, 1.807) is 6.92 Å². The average molecular weight is 218 g/mol. The van der Waals surface area contributed by atoms with E-state index >= 15 is 0 Å². The molecule has 0 radical (unpaired) electrons. The fourth-order valence-corrected chi connectivity index (χ4v) is 1.05. The molecular weight excluding hydrogens is 209 g/mol. The van der Waals surface area contributed by atoms with Gasteiger partial charge >= 0.3 is 6.36 Å². The third-order valence-corrected chi connectivity index (χ3v) is 1.84. The lowest BCUT2D eigenvalue weighted by Gasteiger charge is -2.09. The maximum atomic E-state index is 11.8. The zero-order valence-electron chi connectivity index (χ0n) is 7.91. The molecule has 1 unspecified atom stereocenters. The van der Waals surface area contributed by atoms with Crippen LogP contribution in [0, 0.1) is 0 Å². The number of hydrogen-bond donors (Lipinski definition) is 0. The van der Waals surface area contributed by atoms with Crippen molar-refractivity contribution in [2.75, 3.05) is 0 Å². The van der Waals surface area contributed by atoms with E-state index in [0.717, 1.165) is 6.29 Å². The molecule has 0 bridgehead atoms. The summed E-state index contributed by atoms with van der Waals surface area (Å²) in [6.07, 6.45) is -3.96. The fourth-order valence-electron chi connectivity index (χ4n) is 1.05. The van der Waals surface area contributed by atoms with Crippen LogP contribution in [0.3, 0.4) is 0 Å². The first-order valence-electron chi connectivity index (χ1n) is 4.23. The summed E-state index contributed by atoms with van der Waals surface area (Å²) in [4.78, 5) is 10.4. The van der Waals surface area contributed by atoms with Gasteiger partial charge in [-0.2, -0.15) is 0 Å². The van der Waals surface area contributed by atoms with Crippen LogP contribution >= 0.6 is 0 Å². The highest BCUT2D eigenvalue weighted by Crippen LogP contribution is 2.24. The molecule has 0 saturated carbocycles. The molecule has 0 N–H and O–H groups in total. The summed E-state index contributed by atoms with van der Waals surface area (Å²) in [6, 6.07) is 5.23.